The van der Waals surface area contributed by atoms with E-state index in [0.29, 0.717) is 35.4 Å². The van der Waals surface area contributed by atoms with Gasteiger partial charge in [0, 0.05) is 18.1 Å². The van der Waals surface area contributed by atoms with Crippen molar-refractivity contribution in [2.24, 2.45) is 0 Å². The third-order valence-corrected chi connectivity index (χ3v) is 5.84. The molecular weight excluding hydrogens is 458 g/mol. The summed E-state index contributed by atoms with van der Waals surface area (Å²) in [6.45, 7) is 1.06. The molecule has 0 saturated carbocycles. The molecule has 2 heterocycles. The first-order valence-corrected chi connectivity index (χ1v) is 11.3. The number of likely N-dealkylation sites (N-methyl/N-ethyl adjacent to an activating group) is 1. The number of nitrogens with zero attached hydrogens (tertiary/aromatic N) is 2. The summed E-state index contributed by atoms with van der Waals surface area (Å²) in [6.07, 6.45) is 3.37. The summed E-state index contributed by atoms with van der Waals surface area (Å²) >= 11 is 5.19. The molecule has 1 aromatic heterocycles. The van der Waals surface area contributed by atoms with E-state index < -0.39 is 0 Å². The molecule has 1 aliphatic rings. The van der Waals surface area contributed by atoms with Crippen molar-refractivity contribution in [3.63, 3.8) is 0 Å². The van der Waals surface area contributed by atoms with E-state index in [0.717, 1.165) is 27.9 Å². The van der Waals surface area contributed by atoms with Gasteiger partial charge in [0.2, 0.25) is 5.88 Å². The number of hydrogen-bond donors (Lipinski definition) is 2. The molecule has 0 spiro atoms. The van der Waals surface area contributed by atoms with Gasteiger partial charge < -0.3 is 14.4 Å². The van der Waals surface area contributed by atoms with Gasteiger partial charge in [-0.25, -0.2) is 4.98 Å². The normalized spacial score (nSPS) is 14.3. The highest BCUT2D eigenvalue weighted by molar-refractivity contribution is 8.18. The van der Waals surface area contributed by atoms with Crippen LogP contribution < -0.4 is 19.7 Å². The standard InChI is InChI=1S/C24H21N3O4S2/c1-27(20-3-2-12-25-23(20)31-18-8-10-19(32)11-9-18)13-14-30-17-6-4-16(5-7-17)15-21-22(28)26-24(29)33-21/h2-12,15,32H,13-14H2,1H3,(H,26,28,29). The number of carbonyl (C=O) groups excluding carboxylic acids is 2. The molecule has 7 nitrogen and oxygen atoms in total. The number of carbonyl (C=O) groups is 2. The van der Waals surface area contributed by atoms with Crippen LogP contribution in [0.2, 0.25) is 0 Å². The average molecular weight is 480 g/mol. The zero-order valence-electron chi connectivity index (χ0n) is 17.7. The van der Waals surface area contributed by atoms with Gasteiger partial charge in [0.05, 0.1) is 11.4 Å². The number of benzene rings is 2. The van der Waals surface area contributed by atoms with Crippen LogP contribution in [0.15, 0.2) is 76.7 Å². The highest BCUT2D eigenvalue weighted by atomic mass is 32.2. The maximum Gasteiger partial charge on any atom is 0.290 e. The maximum absolute atomic E-state index is 11.7. The van der Waals surface area contributed by atoms with Crippen LogP contribution in [-0.2, 0) is 4.79 Å². The van der Waals surface area contributed by atoms with Crippen molar-refractivity contribution in [3.8, 4) is 17.4 Å². The van der Waals surface area contributed by atoms with Gasteiger partial charge in [-0.2, -0.15) is 0 Å². The van der Waals surface area contributed by atoms with Crippen LogP contribution in [0, 0.1) is 0 Å². The lowest BCUT2D eigenvalue weighted by atomic mass is 10.2. The topological polar surface area (TPSA) is 80.8 Å². The monoisotopic (exact) mass is 479 g/mol. The number of imide groups is 1. The van der Waals surface area contributed by atoms with Gasteiger partial charge in [-0.15, -0.1) is 12.6 Å². The second-order valence-corrected chi connectivity index (χ2v) is 8.65. The van der Waals surface area contributed by atoms with E-state index in [1.807, 2.05) is 72.6 Å². The number of amides is 2. The van der Waals surface area contributed by atoms with Crippen molar-refractivity contribution in [2.75, 3.05) is 25.1 Å². The van der Waals surface area contributed by atoms with Crippen molar-refractivity contribution in [1.29, 1.82) is 0 Å². The molecule has 0 bridgehead atoms. The minimum Gasteiger partial charge on any atom is -0.492 e. The Morgan fingerprint density at radius 3 is 2.48 bits per heavy atom. The minimum atomic E-state index is -0.370. The fraction of sp³-hybridized carbons (Fsp3) is 0.125. The Hall–Kier alpha value is -3.43. The van der Waals surface area contributed by atoms with Crippen LogP contribution in [-0.4, -0.2) is 36.3 Å². The highest BCUT2D eigenvalue weighted by Crippen LogP contribution is 2.30. The van der Waals surface area contributed by atoms with Crippen molar-refractivity contribution in [1.82, 2.24) is 10.3 Å². The van der Waals surface area contributed by atoms with Gasteiger partial charge in [-0.05, 0) is 71.9 Å². The van der Waals surface area contributed by atoms with Crippen LogP contribution in [0.4, 0.5) is 10.5 Å². The first kappa shape index (κ1) is 22.8. The first-order valence-electron chi connectivity index (χ1n) is 10.1. The van der Waals surface area contributed by atoms with E-state index in [1.54, 1.807) is 12.3 Å². The molecular formula is C24H21N3O4S2. The molecule has 1 N–H and O–H groups in total. The van der Waals surface area contributed by atoms with Crippen molar-refractivity contribution in [2.45, 2.75) is 4.90 Å². The van der Waals surface area contributed by atoms with Crippen molar-refractivity contribution in [3.05, 3.63) is 77.3 Å². The predicted molar refractivity (Wildman–Crippen MR) is 132 cm³/mol. The van der Waals surface area contributed by atoms with Gasteiger partial charge in [0.15, 0.2) is 0 Å². The second-order valence-electron chi connectivity index (χ2n) is 7.11. The van der Waals surface area contributed by atoms with E-state index in [-0.39, 0.29) is 11.1 Å². The fourth-order valence-electron chi connectivity index (χ4n) is 3.03. The summed E-state index contributed by atoms with van der Waals surface area (Å²) < 4.78 is 11.8. The third-order valence-electron chi connectivity index (χ3n) is 4.73. The number of anilines is 1. The summed E-state index contributed by atoms with van der Waals surface area (Å²) in [5.74, 6) is 1.53. The average Bonchev–Trinajstić information content (AvgIpc) is 3.13. The van der Waals surface area contributed by atoms with Crippen molar-refractivity contribution < 1.29 is 19.1 Å². The van der Waals surface area contributed by atoms with Crippen LogP contribution in [0.1, 0.15) is 5.56 Å². The molecule has 2 amide bonds. The SMILES string of the molecule is CN(CCOc1ccc(C=C2SC(=O)NC2=O)cc1)c1cccnc1Oc1ccc(S)cc1. The van der Waals surface area contributed by atoms with Gasteiger partial charge in [-0.1, -0.05) is 12.1 Å². The Bertz CT molecular complexity index is 1180. The van der Waals surface area contributed by atoms with Crippen LogP contribution in [0.5, 0.6) is 17.4 Å². The Balaban J connectivity index is 1.33. The number of aromatic nitrogens is 1. The number of nitrogens with one attached hydrogen (secondary N) is 1. The number of thioether (sulfide) groups is 1. The van der Waals surface area contributed by atoms with Crippen LogP contribution in [0.3, 0.4) is 0 Å². The Morgan fingerprint density at radius 2 is 1.79 bits per heavy atom. The Labute approximate surface area is 201 Å². The minimum absolute atomic E-state index is 0.354. The quantitative estimate of drug-likeness (QED) is 0.348. The Morgan fingerprint density at radius 1 is 1.06 bits per heavy atom. The molecule has 33 heavy (non-hydrogen) atoms. The second kappa shape index (κ2) is 10.5. The highest BCUT2D eigenvalue weighted by Gasteiger charge is 2.24. The van der Waals surface area contributed by atoms with Gasteiger partial charge >= 0.3 is 0 Å². The molecule has 0 atom stereocenters. The fourth-order valence-corrected chi connectivity index (χ4v) is 3.86. The summed E-state index contributed by atoms with van der Waals surface area (Å²) in [7, 11) is 1.95. The number of hydrogen-bond acceptors (Lipinski definition) is 8. The maximum atomic E-state index is 11.7. The first-order chi connectivity index (χ1) is 16.0. The molecule has 4 rings (SSSR count). The van der Waals surface area contributed by atoms with Crippen LogP contribution in [0.25, 0.3) is 6.08 Å². The molecule has 1 saturated heterocycles. The Kier molecular flexibility index (Phi) is 7.21. The molecule has 0 unspecified atom stereocenters. The third kappa shape index (κ3) is 6.09. The van der Waals surface area contributed by atoms with Crippen molar-refractivity contribution >= 4 is 47.3 Å². The number of ether oxygens (including phenoxy) is 2. The van der Waals surface area contributed by atoms with Crippen LogP contribution >= 0.6 is 24.4 Å². The largest absolute Gasteiger partial charge is 0.492 e. The summed E-state index contributed by atoms with van der Waals surface area (Å²) in [6, 6.07) is 18.6. The van der Waals surface area contributed by atoms with E-state index in [9.17, 15) is 9.59 Å². The smallest absolute Gasteiger partial charge is 0.290 e. The lowest BCUT2D eigenvalue weighted by molar-refractivity contribution is -0.115. The molecule has 3 aromatic rings. The zero-order chi connectivity index (χ0) is 23.2. The van der Waals surface area contributed by atoms with Gasteiger partial charge in [0.1, 0.15) is 23.8 Å². The van der Waals surface area contributed by atoms with E-state index in [4.69, 9.17) is 9.47 Å². The lowest BCUT2D eigenvalue weighted by Crippen LogP contribution is -2.24. The molecule has 0 aliphatic carbocycles. The molecule has 1 fully saturated rings. The van der Waals surface area contributed by atoms with E-state index >= 15 is 0 Å². The molecule has 9 heteroatoms. The van der Waals surface area contributed by atoms with Gasteiger partial charge in [-0.3, -0.25) is 14.9 Å². The molecule has 0 radical (unpaired) electrons. The number of thiol groups is 1. The number of pyridine rings is 1. The zero-order valence-corrected chi connectivity index (χ0v) is 19.4. The number of rotatable bonds is 8. The van der Waals surface area contributed by atoms with E-state index in [1.165, 1.54) is 0 Å². The molecule has 168 valence electrons. The van der Waals surface area contributed by atoms with E-state index in [2.05, 4.69) is 22.9 Å². The lowest BCUT2D eigenvalue weighted by Gasteiger charge is -2.21. The molecule has 1 aliphatic heterocycles. The summed E-state index contributed by atoms with van der Waals surface area (Å²) in [5, 5.41) is 1.89. The van der Waals surface area contributed by atoms with Gasteiger partial charge in [0.25, 0.3) is 11.1 Å². The summed E-state index contributed by atoms with van der Waals surface area (Å²) in [5.41, 5.74) is 1.66. The summed E-state index contributed by atoms with van der Waals surface area (Å²) in [4.78, 5) is 30.5. The predicted octanol–water partition coefficient (Wildman–Crippen LogP) is 5.00. The molecule has 2 aromatic carbocycles.